The third kappa shape index (κ3) is 42.6. The van der Waals surface area contributed by atoms with Crippen molar-refractivity contribution in [3.05, 3.63) is 85.1 Å². The van der Waals surface area contributed by atoms with Gasteiger partial charge in [-0.1, -0.05) is 227 Å². The molecule has 4 heteroatoms. The largest absolute Gasteiger partial charge is 0.394 e. The van der Waals surface area contributed by atoms with Crippen LogP contribution in [0, 0.1) is 0 Å². The Morgan fingerprint density at radius 1 is 0.455 bits per heavy atom. The molecule has 0 heterocycles. The van der Waals surface area contributed by atoms with Crippen LogP contribution in [0.2, 0.25) is 0 Å². The van der Waals surface area contributed by atoms with Gasteiger partial charge in [0.15, 0.2) is 0 Å². The first kappa shape index (κ1) is 52.6. The summed E-state index contributed by atoms with van der Waals surface area (Å²) in [6, 6.07) is -0.573. The highest BCUT2D eigenvalue weighted by atomic mass is 16.3. The molecule has 0 radical (unpaired) electrons. The highest BCUT2D eigenvalue weighted by molar-refractivity contribution is 5.76. The minimum absolute atomic E-state index is 0.0908. The van der Waals surface area contributed by atoms with Crippen molar-refractivity contribution in [2.75, 3.05) is 6.61 Å². The van der Waals surface area contributed by atoms with Gasteiger partial charge >= 0.3 is 0 Å². The summed E-state index contributed by atoms with van der Waals surface area (Å²) in [5.41, 5.74) is 0. The lowest BCUT2D eigenvalue weighted by molar-refractivity contribution is -0.123. The Morgan fingerprint density at radius 2 is 0.782 bits per heavy atom. The van der Waals surface area contributed by atoms with E-state index in [-0.39, 0.29) is 12.5 Å². The van der Waals surface area contributed by atoms with Gasteiger partial charge in [-0.05, 0) is 64.2 Å². The fraction of sp³-hybridized carbons (Fsp3) is 0.706. The lowest BCUT2D eigenvalue weighted by Crippen LogP contribution is -2.45. The number of amides is 1. The predicted octanol–water partition coefficient (Wildman–Crippen LogP) is 14.9. The molecular formula is C51H89NO3. The first-order valence-corrected chi connectivity index (χ1v) is 23.3. The zero-order chi connectivity index (χ0) is 40.0. The van der Waals surface area contributed by atoms with Crippen LogP contribution in [-0.2, 0) is 4.79 Å². The molecule has 0 aromatic heterocycles. The molecule has 2 unspecified atom stereocenters. The first-order valence-electron chi connectivity index (χ1n) is 23.3. The fourth-order valence-corrected chi connectivity index (χ4v) is 6.64. The average Bonchev–Trinajstić information content (AvgIpc) is 3.19. The van der Waals surface area contributed by atoms with Gasteiger partial charge in [0.25, 0.3) is 0 Å². The Balaban J connectivity index is 3.66. The topological polar surface area (TPSA) is 69.6 Å². The van der Waals surface area contributed by atoms with Crippen LogP contribution >= 0.6 is 0 Å². The predicted molar refractivity (Wildman–Crippen MR) is 243 cm³/mol. The maximum absolute atomic E-state index is 12.4. The number of aliphatic hydroxyl groups is 2. The molecular weight excluding hydrogens is 675 g/mol. The van der Waals surface area contributed by atoms with Gasteiger partial charge in [0.05, 0.1) is 18.8 Å². The van der Waals surface area contributed by atoms with Crippen molar-refractivity contribution in [3.8, 4) is 0 Å². The van der Waals surface area contributed by atoms with Crippen molar-refractivity contribution < 1.29 is 15.0 Å². The summed E-state index contributed by atoms with van der Waals surface area (Å²) in [6.45, 7) is 4.22. The molecule has 0 spiro atoms. The highest BCUT2D eigenvalue weighted by Gasteiger charge is 2.19. The van der Waals surface area contributed by atoms with Gasteiger partial charge in [-0.25, -0.2) is 0 Å². The molecule has 0 saturated carbocycles. The number of hydrogen-bond acceptors (Lipinski definition) is 3. The van der Waals surface area contributed by atoms with Crippen molar-refractivity contribution in [3.63, 3.8) is 0 Å². The number of rotatable bonds is 41. The number of unbranched alkanes of at least 4 members (excludes halogenated alkanes) is 20. The minimum atomic E-state index is -0.689. The molecule has 0 aliphatic rings. The van der Waals surface area contributed by atoms with Crippen molar-refractivity contribution in [2.24, 2.45) is 0 Å². The van der Waals surface area contributed by atoms with Crippen LogP contribution in [0.5, 0.6) is 0 Å². The van der Waals surface area contributed by atoms with Gasteiger partial charge < -0.3 is 15.5 Å². The van der Waals surface area contributed by atoms with Gasteiger partial charge in [-0.15, -0.1) is 0 Å². The van der Waals surface area contributed by atoms with Crippen molar-refractivity contribution in [1.29, 1.82) is 0 Å². The van der Waals surface area contributed by atoms with E-state index in [2.05, 4.69) is 104 Å². The van der Waals surface area contributed by atoms with Gasteiger partial charge in [-0.3, -0.25) is 4.79 Å². The van der Waals surface area contributed by atoms with Gasteiger partial charge in [-0.2, -0.15) is 0 Å². The molecule has 316 valence electrons. The summed E-state index contributed by atoms with van der Waals surface area (Å²) in [5, 5.41) is 23.2. The van der Waals surface area contributed by atoms with E-state index in [9.17, 15) is 15.0 Å². The summed E-state index contributed by atoms with van der Waals surface area (Å²) in [7, 11) is 0. The van der Waals surface area contributed by atoms with E-state index in [1.807, 2.05) is 0 Å². The number of aliphatic hydroxyl groups excluding tert-OH is 2. The first-order chi connectivity index (χ1) is 27.2. The molecule has 55 heavy (non-hydrogen) atoms. The van der Waals surface area contributed by atoms with Crippen LogP contribution in [0.1, 0.15) is 213 Å². The highest BCUT2D eigenvalue weighted by Crippen LogP contribution is 2.16. The molecule has 0 aromatic rings. The van der Waals surface area contributed by atoms with Crippen molar-refractivity contribution in [2.45, 2.75) is 225 Å². The molecule has 1 amide bonds. The third-order valence-electron chi connectivity index (χ3n) is 10.2. The summed E-state index contributed by atoms with van der Waals surface area (Å²) >= 11 is 0. The second-order valence-electron chi connectivity index (χ2n) is 15.4. The van der Waals surface area contributed by atoms with Crippen LogP contribution in [0.15, 0.2) is 85.1 Å². The molecule has 0 aliphatic carbocycles. The smallest absolute Gasteiger partial charge is 0.220 e. The van der Waals surface area contributed by atoms with Crippen molar-refractivity contribution in [1.82, 2.24) is 5.32 Å². The Morgan fingerprint density at radius 3 is 1.13 bits per heavy atom. The van der Waals surface area contributed by atoms with E-state index in [1.165, 1.54) is 116 Å². The Kier molecular flexibility index (Phi) is 43.9. The Hall–Kier alpha value is -2.43. The van der Waals surface area contributed by atoms with Crippen LogP contribution in [-0.4, -0.2) is 34.9 Å². The van der Waals surface area contributed by atoms with Crippen LogP contribution in [0.3, 0.4) is 0 Å². The van der Waals surface area contributed by atoms with Crippen LogP contribution < -0.4 is 5.32 Å². The maximum atomic E-state index is 12.4. The third-order valence-corrected chi connectivity index (χ3v) is 10.2. The van der Waals surface area contributed by atoms with E-state index < -0.39 is 12.1 Å². The normalized spacial score (nSPS) is 13.7. The lowest BCUT2D eigenvalue weighted by Gasteiger charge is -2.22. The second kappa shape index (κ2) is 46.0. The monoisotopic (exact) mass is 764 g/mol. The van der Waals surface area contributed by atoms with Gasteiger partial charge in [0, 0.05) is 6.42 Å². The molecule has 0 fully saturated rings. The van der Waals surface area contributed by atoms with E-state index in [0.29, 0.717) is 12.8 Å². The SMILES string of the molecule is CC/C=C\C/C=C\C/C=C\C/C=C\C/C=C\C/C=C\C/C=C\CCCC(=O)NC(CO)C(O)CCCCCCCCCCCCCCCCCCCCCC. The Bertz CT molecular complexity index is 1000. The Labute approximate surface area is 341 Å². The average molecular weight is 764 g/mol. The van der Waals surface area contributed by atoms with E-state index in [0.717, 1.165) is 70.6 Å². The number of carbonyl (C=O) groups is 1. The van der Waals surface area contributed by atoms with E-state index >= 15 is 0 Å². The van der Waals surface area contributed by atoms with E-state index in [4.69, 9.17) is 0 Å². The summed E-state index contributed by atoms with van der Waals surface area (Å²) in [6.07, 6.45) is 66.7. The number of allylic oxidation sites excluding steroid dienone is 14. The maximum Gasteiger partial charge on any atom is 0.220 e. The summed E-state index contributed by atoms with van der Waals surface area (Å²) in [4.78, 5) is 12.4. The van der Waals surface area contributed by atoms with Crippen molar-refractivity contribution >= 4 is 5.91 Å². The molecule has 2 atom stereocenters. The van der Waals surface area contributed by atoms with Crippen LogP contribution in [0.25, 0.3) is 0 Å². The number of carbonyl (C=O) groups excluding carboxylic acids is 1. The van der Waals surface area contributed by atoms with Gasteiger partial charge in [0.1, 0.15) is 0 Å². The molecule has 0 saturated heterocycles. The van der Waals surface area contributed by atoms with Crippen LogP contribution in [0.4, 0.5) is 0 Å². The molecule has 0 aliphatic heterocycles. The second-order valence-corrected chi connectivity index (χ2v) is 15.4. The fourth-order valence-electron chi connectivity index (χ4n) is 6.64. The van der Waals surface area contributed by atoms with Gasteiger partial charge in [0.2, 0.25) is 5.91 Å². The molecule has 0 bridgehead atoms. The molecule has 0 rings (SSSR count). The molecule has 0 aromatic carbocycles. The standard InChI is InChI=1S/C51H89NO3/c1-3-5-7-9-11-13-15-17-19-21-23-25-26-27-29-31-33-35-37-39-41-43-45-47-51(55)52-49(48-53)50(54)46-44-42-40-38-36-34-32-30-28-24-22-20-18-16-14-12-10-8-6-4-2/h5,7,11,13,17,19,23,25,27,29,33,35,39,41,49-50,53-54H,3-4,6,8-10,12,14-16,18,20-22,24,26,28,30-32,34,36-38,40,42-48H2,1-2H3,(H,52,55)/b7-5-,13-11-,19-17-,25-23-,29-27-,35-33-,41-39-. The lowest BCUT2D eigenvalue weighted by atomic mass is 10.0. The molecule has 3 N–H and O–H groups in total. The quantitative estimate of drug-likeness (QED) is 0.0429. The molecule has 4 nitrogen and oxygen atoms in total. The number of nitrogens with one attached hydrogen (secondary N) is 1. The number of hydrogen-bond donors (Lipinski definition) is 3. The minimum Gasteiger partial charge on any atom is -0.394 e. The summed E-state index contributed by atoms with van der Waals surface area (Å²) in [5.74, 6) is -0.0908. The zero-order valence-electron chi connectivity index (χ0n) is 36.2. The zero-order valence-corrected chi connectivity index (χ0v) is 36.2. The van der Waals surface area contributed by atoms with E-state index in [1.54, 1.807) is 0 Å². The summed E-state index contributed by atoms with van der Waals surface area (Å²) < 4.78 is 0.